The summed E-state index contributed by atoms with van der Waals surface area (Å²) in [5.41, 5.74) is -1.63. The highest BCUT2D eigenvalue weighted by molar-refractivity contribution is 6.06. The van der Waals surface area contributed by atoms with E-state index in [0.29, 0.717) is 11.0 Å². The van der Waals surface area contributed by atoms with Gasteiger partial charge in [0.15, 0.2) is 0 Å². The van der Waals surface area contributed by atoms with Crippen molar-refractivity contribution in [3.63, 3.8) is 0 Å². The van der Waals surface area contributed by atoms with Gasteiger partial charge in [-0.2, -0.15) is 13.2 Å². The molecule has 24 heavy (non-hydrogen) atoms. The van der Waals surface area contributed by atoms with Crippen LogP contribution in [0.4, 0.5) is 19.0 Å². The lowest BCUT2D eigenvalue weighted by Crippen LogP contribution is -2.32. The molecule has 0 aromatic carbocycles. The van der Waals surface area contributed by atoms with E-state index >= 15 is 0 Å². The van der Waals surface area contributed by atoms with Crippen LogP contribution in [0.1, 0.15) is 29.4 Å². The number of nitrogens with zero attached hydrogens (tertiary/aromatic N) is 2. The van der Waals surface area contributed by atoms with Gasteiger partial charge in [0, 0.05) is 7.05 Å². The first-order valence-electron chi connectivity index (χ1n) is 6.70. The van der Waals surface area contributed by atoms with E-state index in [9.17, 15) is 27.6 Å². The van der Waals surface area contributed by atoms with E-state index in [0.717, 1.165) is 20.2 Å². The number of methoxy groups -OCH3 is 1. The van der Waals surface area contributed by atoms with Gasteiger partial charge in [-0.25, -0.2) is 9.78 Å². The highest BCUT2D eigenvalue weighted by Crippen LogP contribution is 2.30. The maximum absolute atomic E-state index is 12.8. The van der Waals surface area contributed by atoms with Gasteiger partial charge in [0.2, 0.25) is 5.91 Å². The van der Waals surface area contributed by atoms with Crippen molar-refractivity contribution in [2.75, 3.05) is 25.7 Å². The minimum absolute atomic E-state index is 0.0467. The molecule has 7 nitrogen and oxygen atoms in total. The molecule has 1 aromatic heterocycles. The molecule has 1 amide bonds. The molecule has 1 aromatic rings. The summed E-state index contributed by atoms with van der Waals surface area (Å²) < 4.78 is 47.5. The Morgan fingerprint density at radius 2 is 1.88 bits per heavy atom. The van der Waals surface area contributed by atoms with Crippen molar-refractivity contribution < 1.29 is 37.0 Å². The Labute approximate surface area is 135 Å². The quantitative estimate of drug-likeness (QED) is 0.596. The van der Waals surface area contributed by atoms with Gasteiger partial charge in [-0.05, 0) is 19.1 Å². The summed E-state index contributed by atoms with van der Waals surface area (Å²) in [5, 5.41) is 0. The Bertz CT molecular complexity index is 646. The van der Waals surface area contributed by atoms with Crippen molar-refractivity contribution in [1.82, 2.24) is 4.98 Å². The Kier molecular flexibility index (Phi) is 6.27. The molecule has 0 spiro atoms. The number of rotatable bonds is 5. The largest absolute Gasteiger partial charge is 0.466 e. The smallest absolute Gasteiger partial charge is 0.433 e. The SMILES string of the molecule is CCOC(=O)CC(=O)N(C)c1nc(C(F)(F)F)ccc1C(=O)OC. The molecule has 0 aliphatic rings. The van der Waals surface area contributed by atoms with E-state index in [2.05, 4.69) is 14.5 Å². The molecule has 0 unspecified atom stereocenters. The zero-order valence-corrected chi connectivity index (χ0v) is 13.1. The molecule has 0 saturated carbocycles. The predicted molar refractivity (Wildman–Crippen MR) is 75.2 cm³/mol. The van der Waals surface area contributed by atoms with Crippen LogP contribution in [0.3, 0.4) is 0 Å². The number of hydrogen-bond donors (Lipinski definition) is 0. The van der Waals surface area contributed by atoms with Crippen LogP contribution in [0.15, 0.2) is 12.1 Å². The molecule has 0 radical (unpaired) electrons. The Balaban J connectivity index is 3.24. The van der Waals surface area contributed by atoms with Crippen LogP contribution in [0.2, 0.25) is 0 Å². The van der Waals surface area contributed by atoms with E-state index in [-0.39, 0.29) is 12.2 Å². The van der Waals surface area contributed by atoms with Crippen molar-refractivity contribution >= 4 is 23.7 Å². The third-order valence-corrected chi connectivity index (χ3v) is 2.86. The third kappa shape index (κ3) is 4.67. The number of anilines is 1. The Morgan fingerprint density at radius 3 is 2.38 bits per heavy atom. The normalized spacial score (nSPS) is 10.9. The van der Waals surface area contributed by atoms with Crippen LogP contribution < -0.4 is 4.90 Å². The van der Waals surface area contributed by atoms with Crippen LogP contribution in [0, 0.1) is 0 Å². The molecule has 0 aliphatic heterocycles. The van der Waals surface area contributed by atoms with Gasteiger partial charge >= 0.3 is 18.1 Å². The summed E-state index contributed by atoms with van der Waals surface area (Å²) >= 11 is 0. The van der Waals surface area contributed by atoms with Crippen LogP contribution in [0.25, 0.3) is 0 Å². The fraction of sp³-hybridized carbons (Fsp3) is 0.429. The number of hydrogen-bond acceptors (Lipinski definition) is 6. The first-order chi connectivity index (χ1) is 11.1. The topological polar surface area (TPSA) is 85.8 Å². The molecular weight excluding hydrogens is 333 g/mol. The summed E-state index contributed by atoms with van der Waals surface area (Å²) in [6, 6.07) is 1.45. The van der Waals surface area contributed by atoms with Crippen LogP contribution in [0.5, 0.6) is 0 Å². The van der Waals surface area contributed by atoms with Gasteiger partial charge in [-0.15, -0.1) is 0 Å². The van der Waals surface area contributed by atoms with Gasteiger partial charge in [0.1, 0.15) is 23.5 Å². The van der Waals surface area contributed by atoms with Crippen molar-refractivity contribution in [2.45, 2.75) is 19.5 Å². The molecule has 0 fully saturated rings. The number of carbonyl (C=O) groups excluding carboxylic acids is 3. The number of carbonyl (C=O) groups is 3. The maximum atomic E-state index is 12.8. The second kappa shape index (κ2) is 7.75. The molecule has 1 heterocycles. The number of halogens is 3. The van der Waals surface area contributed by atoms with Crippen LogP contribution >= 0.6 is 0 Å². The number of ether oxygens (including phenoxy) is 2. The summed E-state index contributed by atoms with van der Waals surface area (Å²) in [6.45, 7) is 1.58. The van der Waals surface area contributed by atoms with E-state index in [1.165, 1.54) is 6.92 Å². The van der Waals surface area contributed by atoms with Crippen molar-refractivity contribution in [1.29, 1.82) is 0 Å². The van der Waals surface area contributed by atoms with Crippen LogP contribution in [-0.2, 0) is 25.2 Å². The number of aromatic nitrogens is 1. The summed E-state index contributed by atoms with van der Waals surface area (Å²) in [4.78, 5) is 39.0. The first-order valence-corrected chi connectivity index (χ1v) is 6.70. The van der Waals surface area contributed by atoms with Crippen LogP contribution in [-0.4, -0.2) is 43.6 Å². The summed E-state index contributed by atoms with van der Waals surface area (Å²) in [7, 11) is 2.13. The average Bonchev–Trinajstić information content (AvgIpc) is 2.52. The number of amides is 1. The van der Waals surface area contributed by atoms with E-state index < -0.39 is 42.0 Å². The molecule has 10 heteroatoms. The standard InChI is InChI=1S/C14H15F3N2O5/c1-4-24-11(21)7-10(20)19(2)12-8(13(22)23-3)5-6-9(18-12)14(15,16)17/h5-6H,4,7H2,1-3H3. The summed E-state index contributed by atoms with van der Waals surface area (Å²) in [5.74, 6) is -3.26. The van der Waals surface area contributed by atoms with Gasteiger partial charge in [-0.1, -0.05) is 0 Å². The van der Waals surface area contributed by atoms with Crippen molar-refractivity contribution in [3.05, 3.63) is 23.4 Å². The molecule has 132 valence electrons. The van der Waals surface area contributed by atoms with E-state index in [1.807, 2.05) is 0 Å². The molecule has 0 atom stereocenters. The lowest BCUT2D eigenvalue weighted by molar-refractivity contribution is -0.145. The monoisotopic (exact) mass is 348 g/mol. The second-order valence-electron chi connectivity index (χ2n) is 4.49. The minimum atomic E-state index is -4.77. The molecule has 0 aliphatic carbocycles. The van der Waals surface area contributed by atoms with E-state index in [1.54, 1.807) is 0 Å². The van der Waals surface area contributed by atoms with Gasteiger partial charge < -0.3 is 9.47 Å². The fourth-order valence-electron chi connectivity index (χ4n) is 1.70. The van der Waals surface area contributed by atoms with Gasteiger partial charge in [-0.3, -0.25) is 14.5 Å². The fourth-order valence-corrected chi connectivity index (χ4v) is 1.70. The highest BCUT2D eigenvalue weighted by Gasteiger charge is 2.35. The number of alkyl halides is 3. The maximum Gasteiger partial charge on any atom is 0.433 e. The second-order valence-corrected chi connectivity index (χ2v) is 4.49. The average molecular weight is 348 g/mol. The minimum Gasteiger partial charge on any atom is -0.466 e. The molecular formula is C14H15F3N2O5. The lowest BCUT2D eigenvalue weighted by Gasteiger charge is -2.19. The highest BCUT2D eigenvalue weighted by atomic mass is 19.4. The zero-order chi connectivity index (χ0) is 18.5. The summed E-state index contributed by atoms with van der Waals surface area (Å²) in [6.07, 6.45) is -5.47. The first kappa shape index (κ1) is 19.4. The van der Waals surface area contributed by atoms with Gasteiger partial charge in [0.25, 0.3) is 0 Å². The Hall–Kier alpha value is -2.65. The molecule has 0 saturated heterocycles. The molecule has 0 bridgehead atoms. The van der Waals surface area contributed by atoms with Crippen molar-refractivity contribution in [2.24, 2.45) is 0 Å². The predicted octanol–water partition coefficient (Wildman–Crippen LogP) is 1.80. The lowest BCUT2D eigenvalue weighted by atomic mass is 10.2. The number of pyridine rings is 1. The zero-order valence-electron chi connectivity index (χ0n) is 13.1. The molecule has 1 rings (SSSR count). The number of esters is 2. The van der Waals surface area contributed by atoms with Gasteiger partial charge in [0.05, 0.1) is 13.7 Å². The Morgan fingerprint density at radius 1 is 1.25 bits per heavy atom. The van der Waals surface area contributed by atoms with Crippen molar-refractivity contribution in [3.8, 4) is 0 Å². The third-order valence-electron chi connectivity index (χ3n) is 2.86. The molecule has 0 N–H and O–H groups in total. The van der Waals surface area contributed by atoms with E-state index in [4.69, 9.17) is 0 Å².